The molecule has 0 spiro atoms. The van der Waals surface area contributed by atoms with Crippen molar-refractivity contribution in [3.05, 3.63) is 11.6 Å². The molecule has 1 aliphatic carbocycles. The van der Waals surface area contributed by atoms with Gasteiger partial charge in [-0.1, -0.05) is 18.1 Å². The Balaban J connectivity index is 1.95. The number of carbonyl (C=O) groups excluding carboxylic acids is 1. The number of allylic oxidation sites excluding steroid dienone is 1. The van der Waals surface area contributed by atoms with Gasteiger partial charge in [0.05, 0.1) is 0 Å². The molecule has 1 atom stereocenters. The quantitative estimate of drug-likeness (QED) is 0.622. The van der Waals surface area contributed by atoms with Crippen molar-refractivity contribution in [1.29, 1.82) is 0 Å². The van der Waals surface area contributed by atoms with E-state index in [1.54, 1.807) is 0 Å². The first kappa shape index (κ1) is 8.95. The summed E-state index contributed by atoms with van der Waals surface area (Å²) in [7, 11) is 0. The SMILES string of the molecule is O=C1CC=C(C2CCCCN2)CC1. The van der Waals surface area contributed by atoms with Gasteiger partial charge in [-0.25, -0.2) is 0 Å². The van der Waals surface area contributed by atoms with Gasteiger partial charge in [0.25, 0.3) is 0 Å². The second-order valence-electron chi connectivity index (χ2n) is 4.02. The Labute approximate surface area is 79.4 Å². The number of piperidine rings is 1. The van der Waals surface area contributed by atoms with Crippen LogP contribution in [-0.2, 0) is 4.79 Å². The van der Waals surface area contributed by atoms with Crippen LogP contribution in [0.2, 0.25) is 0 Å². The zero-order chi connectivity index (χ0) is 9.10. The molecule has 72 valence electrons. The van der Waals surface area contributed by atoms with E-state index in [0.717, 1.165) is 19.4 Å². The van der Waals surface area contributed by atoms with E-state index < -0.39 is 0 Å². The van der Waals surface area contributed by atoms with Gasteiger partial charge in [-0.3, -0.25) is 4.79 Å². The third kappa shape index (κ3) is 2.19. The number of Topliss-reactive ketones (excluding diaryl/α,β-unsaturated/α-hetero) is 1. The van der Waals surface area contributed by atoms with Gasteiger partial charge >= 0.3 is 0 Å². The van der Waals surface area contributed by atoms with Gasteiger partial charge in [-0.15, -0.1) is 0 Å². The third-order valence-electron chi connectivity index (χ3n) is 3.04. The molecule has 1 unspecified atom stereocenters. The standard InChI is InChI=1S/C11H17NO/c13-10-6-4-9(5-7-10)11-3-1-2-8-12-11/h4,11-12H,1-3,5-8H2. The van der Waals surface area contributed by atoms with Gasteiger partial charge in [0.2, 0.25) is 0 Å². The zero-order valence-electron chi connectivity index (χ0n) is 8.01. The Morgan fingerprint density at radius 2 is 2.23 bits per heavy atom. The van der Waals surface area contributed by atoms with Gasteiger partial charge in [0.15, 0.2) is 0 Å². The minimum atomic E-state index is 0.402. The predicted octanol–water partition coefficient (Wildman–Crippen LogP) is 1.81. The Morgan fingerprint density at radius 1 is 1.31 bits per heavy atom. The minimum Gasteiger partial charge on any atom is -0.310 e. The number of carbonyl (C=O) groups is 1. The summed E-state index contributed by atoms with van der Waals surface area (Å²) >= 11 is 0. The molecule has 1 fully saturated rings. The highest BCUT2D eigenvalue weighted by molar-refractivity contribution is 5.81. The van der Waals surface area contributed by atoms with Crippen molar-refractivity contribution < 1.29 is 4.79 Å². The monoisotopic (exact) mass is 179 g/mol. The summed E-state index contributed by atoms with van der Waals surface area (Å²) < 4.78 is 0. The second kappa shape index (κ2) is 4.05. The smallest absolute Gasteiger partial charge is 0.136 e. The van der Waals surface area contributed by atoms with Crippen molar-refractivity contribution in [2.75, 3.05) is 6.54 Å². The molecule has 0 bridgehead atoms. The summed E-state index contributed by atoms with van der Waals surface area (Å²) in [5.41, 5.74) is 1.49. The van der Waals surface area contributed by atoms with E-state index in [2.05, 4.69) is 11.4 Å². The minimum absolute atomic E-state index is 0.402. The van der Waals surface area contributed by atoms with E-state index in [0.29, 0.717) is 18.2 Å². The highest BCUT2D eigenvalue weighted by atomic mass is 16.1. The molecular formula is C11H17NO. The molecule has 0 aromatic heterocycles. The average Bonchev–Trinajstić information content (AvgIpc) is 2.20. The fraction of sp³-hybridized carbons (Fsp3) is 0.727. The Kier molecular flexibility index (Phi) is 2.79. The van der Waals surface area contributed by atoms with Crippen LogP contribution in [0, 0.1) is 0 Å². The maximum absolute atomic E-state index is 11.0. The highest BCUT2D eigenvalue weighted by Crippen LogP contribution is 2.23. The van der Waals surface area contributed by atoms with Crippen molar-refractivity contribution in [2.24, 2.45) is 0 Å². The first-order valence-electron chi connectivity index (χ1n) is 5.30. The first-order chi connectivity index (χ1) is 6.36. The van der Waals surface area contributed by atoms with Crippen LogP contribution >= 0.6 is 0 Å². The molecule has 0 amide bonds. The normalized spacial score (nSPS) is 30.0. The Bertz CT molecular complexity index is 226. The number of nitrogens with one attached hydrogen (secondary N) is 1. The Morgan fingerprint density at radius 3 is 2.85 bits per heavy atom. The van der Waals surface area contributed by atoms with Crippen LogP contribution < -0.4 is 5.32 Å². The maximum Gasteiger partial charge on any atom is 0.136 e. The summed E-state index contributed by atoms with van der Waals surface area (Å²) in [5, 5.41) is 3.52. The molecule has 0 aromatic rings. The summed E-state index contributed by atoms with van der Waals surface area (Å²) in [6, 6.07) is 0.585. The molecule has 0 saturated carbocycles. The summed E-state index contributed by atoms with van der Waals surface area (Å²) in [4.78, 5) is 11.0. The lowest BCUT2D eigenvalue weighted by Crippen LogP contribution is -2.36. The van der Waals surface area contributed by atoms with Crippen molar-refractivity contribution in [2.45, 2.75) is 44.6 Å². The molecule has 0 radical (unpaired) electrons. The number of hydrogen-bond acceptors (Lipinski definition) is 2. The average molecular weight is 179 g/mol. The van der Waals surface area contributed by atoms with Gasteiger partial charge in [0.1, 0.15) is 5.78 Å². The lowest BCUT2D eigenvalue weighted by atomic mass is 9.89. The molecule has 0 aromatic carbocycles. The number of hydrogen-bond donors (Lipinski definition) is 1. The largest absolute Gasteiger partial charge is 0.310 e. The second-order valence-corrected chi connectivity index (χ2v) is 4.02. The van der Waals surface area contributed by atoms with Gasteiger partial charge in [-0.2, -0.15) is 0 Å². The predicted molar refractivity (Wildman–Crippen MR) is 52.6 cm³/mol. The van der Waals surface area contributed by atoms with E-state index >= 15 is 0 Å². The number of rotatable bonds is 1. The zero-order valence-corrected chi connectivity index (χ0v) is 8.01. The first-order valence-corrected chi connectivity index (χ1v) is 5.30. The van der Waals surface area contributed by atoms with Crippen molar-refractivity contribution in [3.63, 3.8) is 0 Å². The van der Waals surface area contributed by atoms with E-state index in [-0.39, 0.29) is 0 Å². The molecule has 2 rings (SSSR count). The Hall–Kier alpha value is -0.630. The summed E-state index contributed by atoms with van der Waals surface area (Å²) in [6.07, 6.45) is 8.49. The van der Waals surface area contributed by atoms with Crippen LogP contribution in [0.1, 0.15) is 38.5 Å². The van der Waals surface area contributed by atoms with Crippen molar-refractivity contribution >= 4 is 5.78 Å². The van der Waals surface area contributed by atoms with Gasteiger partial charge in [0, 0.05) is 18.9 Å². The van der Waals surface area contributed by atoms with Crippen molar-refractivity contribution in [1.82, 2.24) is 5.32 Å². The third-order valence-corrected chi connectivity index (χ3v) is 3.04. The van der Waals surface area contributed by atoms with Crippen LogP contribution in [0.4, 0.5) is 0 Å². The lowest BCUT2D eigenvalue weighted by Gasteiger charge is -2.27. The lowest BCUT2D eigenvalue weighted by molar-refractivity contribution is -0.118. The molecule has 1 saturated heterocycles. The topological polar surface area (TPSA) is 29.1 Å². The van der Waals surface area contributed by atoms with E-state index in [1.165, 1.54) is 24.8 Å². The van der Waals surface area contributed by atoms with Crippen LogP contribution in [0.15, 0.2) is 11.6 Å². The molecule has 1 heterocycles. The summed E-state index contributed by atoms with van der Waals surface area (Å²) in [6.45, 7) is 1.15. The molecule has 1 aliphatic heterocycles. The van der Waals surface area contributed by atoms with E-state index in [1.807, 2.05) is 0 Å². The number of ketones is 1. The highest BCUT2D eigenvalue weighted by Gasteiger charge is 2.20. The molecule has 2 aliphatic rings. The van der Waals surface area contributed by atoms with E-state index in [4.69, 9.17) is 0 Å². The molecule has 2 heteroatoms. The summed E-state index contributed by atoms with van der Waals surface area (Å²) in [5.74, 6) is 0.402. The molecule has 2 nitrogen and oxygen atoms in total. The van der Waals surface area contributed by atoms with Crippen LogP contribution in [0.3, 0.4) is 0 Å². The maximum atomic E-state index is 11.0. The van der Waals surface area contributed by atoms with Crippen LogP contribution in [0.5, 0.6) is 0 Å². The van der Waals surface area contributed by atoms with Crippen LogP contribution in [-0.4, -0.2) is 18.4 Å². The molecular weight excluding hydrogens is 162 g/mol. The fourth-order valence-corrected chi connectivity index (χ4v) is 2.22. The van der Waals surface area contributed by atoms with E-state index in [9.17, 15) is 4.79 Å². The van der Waals surface area contributed by atoms with Gasteiger partial charge in [-0.05, 0) is 25.8 Å². The van der Waals surface area contributed by atoms with Crippen molar-refractivity contribution in [3.8, 4) is 0 Å². The molecule has 1 N–H and O–H groups in total. The molecule has 13 heavy (non-hydrogen) atoms. The fourth-order valence-electron chi connectivity index (χ4n) is 2.22. The van der Waals surface area contributed by atoms with Crippen LogP contribution in [0.25, 0.3) is 0 Å². The van der Waals surface area contributed by atoms with Gasteiger partial charge < -0.3 is 5.32 Å².